The number of hydrogen-bond acceptors (Lipinski definition) is 1. The Hall–Kier alpha value is -6.66. The molecule has 0 fully saturated rings. The summed E-state index contributed by atoms with van der Waals surface area (Å²) in [6.07, 6.45) is 0. The monoisotopic (exact) mass is 676 g/mol. The molecule has 0 amide bonds. The van der Waals surface area contributed by atoms with Crippen LogP contribution >= 0.6 is 0 Å². The molecule has 0 N–H and O–H groups in total. The summed E-state index contributed by atoms with van der Waals surface area (Å²) in [5.74, 6) is 3.95. The second-order valence-electron chi connectivity index (χ2n) is 13.4. The van der Waals surface area contributed by atoms with Crippen molar-refractivity contribution >= 4 is 77.9 Å². The Kier molecular flexibility index (Phi) is 7.13. The predicted octanol–water partition coefficient (Wildman–Crippen LogP) is 10.8. The highest BCUT2D eigenvalue weighted by molar-refractivity contribution is 7.17. The average molecular weight is 677 g/mol. The fourth-order valence-corrected chi connectivity index (χ4v) is 12.0. The number of benzene rings is 9. The molecule has 0 aliphatic carbocycles. The minimum atomic E-state index is -2.98. The number of furan rings is 1. The molecule has 0 saturated heterocycles. The summed E-state index contributed by atoms with van der Waals surface area (Å²) in [6, 6.07) is 69.9. The largest absolute Gasteiger partial charge is 0.456 e. The molecule has 10 aromatic rings. The minimum Gasteiger partial charge on any atom is -0.456 e. The summed E-state index contributed by atoms with van der Waals surface area (Å²) in [5, 5.41) is 13.2. The van der Waals surface area contributed by atoms with Gasteiger partial charge in [0.25, 0.3) is 0 Å². The summed E-state index contributed by atoms with van der Waals surface area (Å²) in [5.41, 5.74) is 9.48. The molecular weight excluding hydrogens is 645 g/mol. The van der Waals surface area contributed by atoms with E-state index in [0.717, 1.165) is 38.3 Å². The first-order valence-electron chi connectivity index (χ1n) is 17.8. The van der Waals surface area contributed by atoms with E-state index >= 15 is 0 Å². The first-order valence-corrected chi connectivity index (χ1v) is 19.8. The molecule has 242 valence electrons. The lowest BCUT2D eigenvalue weighted by Crippen LogP contribution is -2.66. The van der Waals surface area contributed by atoms with Crippen molar-refractivity contribution in [2.75, 3.05) is 0 Å². The number of hydrogen-bond donors (Lipinski definition) is 0. The third-order valence-electron chi connectivity index (χ3n) is 10.6. The zero-order chi connectivity index (χ0) is 34.5. The Balaban J connectivity index is 1.31. The summed E-state index contributed by atoms with van der Waals surface area (Å²) in [7, 11) is -2.98. The molecule has 52 heavy (non-hydrogen) atoms. The summed E-state index contributed by atoms with van der Waals surface area (Å²) >= 11 is 0. The van der Waals surface area contributed by atoms with Crippen LogP contribution in [0.5, 0.6) is 0 Å². The van der Waals surface area contributed by atoms with Gasteiger partial charge in [0.15, 0.2) is 0 Å². The van der Waals surface area contributed by atoms with Crippen LogP contribution in [0.3, 0.4) is 0 Å². The van der Waals surface area contributed by atoms with Gasteiger partial charge in [-0.15, -0.1) is 5.54 Å². The van der Waals surface area contributed by atoms with Crippen molar-refractivity contribution in [1.82, 2.24) is 0 Å². The Bertz CT molecular complexity index is 2920. The van der Waals surface area contributed by atoms with Crippen molar-refractivity contribution in [1.29, 1.82) is 0 Å². The first-order chi connectivity index (χ1) is 25.8. The Morgan fingerprint density at radius 1 is 0.365 bits per heavy atom. The van der Waals surface area contributed by atoms with Crippen LogP contribution in [-0.4, -0.2) is 8.07 Å². The normalized spacial score (nSPS) is 11.7. The molecule has 2 heteroatoms. The molecule has 9 aromatic carbocycles. The van der Waals surface area contributed by atoms with Gasteiger partial charge in [-0.05, 0) is 77.2 Å². The van der Waals surface area contributed by atoms with Crippen molar-refractivity contribution in [2.24, 2.45) is 0 Å². The predicted molar refractivity (Wildman–Crippen MR) is 223 cm³/mol. The van der Waals surface area contributed by atoms with Gasteiger partial charge in [-0.25, -0.2) is 0 Å². The van der Waals surface area contributed by atoms with Crippen LogP contribution in [0.1, 0.15) is 5.56 Å². The van der Waals surface area contributed by atoms with Crippen LogP contribution in [0.25, 0.3) is 65.4 Å². The van der Waals surface area contributed by atoms with E-state index in [2.05, 4.69) is 193 Å². The van der Waals surface area contributed by atoms with E-state index in [4.69, 9.17) is 4.42 Å². The lowest BCUT2D eigenvalue weighted by atomic mass is 9.87. The highest BCUT2D eigenvalue weighted by Gasteiger charge is 2.39. The third kappa shape index (κ3) is 4.72. The van der Waals surface area contributed by atoms with Gasteiger partial charge in [0.1, 0.15) is 11.2 Å². The van der Waals surface area contributed by atoms with Crippen LogP contribution in [0.15, 0.2) is 199 Å². The topological polar surface area (TPSA) is 13.1 Å². The summed E-state index contributed by atoms with van der Waals surface area (Å²) in [4.78, 5) is 0. The standard InChI is InChI=1S/C50H32OSi/c1-3-18-36(19-4-1)52(37-20-5-2-6-21-37,38-30-31-49-47(34-38)43-25-13-14-29-48(43)51-49)33-32-42-40-23-9-11-26-45(40)50(46-27-12-10-24-41(42)46)44-28-15-17-35-16-7-8-22-39(35)44/h1-31,34H. The Labute approximate surface area is 303 Å². The van der Waals surface area contributed by atoms with Gasteiger partial charge >= 0.3 is 0 Å². The van der Waals surface area contributed by atoms with E-state index in [1.807, 2.05) is 12.1 Å². The Morgan fingerprint density at radius 3 is 1.56 bits per heavy atom. The fraction of sp³-hybridized carbons (Fsp3) is 0. The second kappa shape index (κ2) is 12.3. The summed E-state index contributed by atoms with van der Waals surface area (Å²) in [6.45, 7) is 0. The zero-order valence-electron chi connectivity index (χ0n) is 28.4. The highest BCUT2D eigenvalue weighted by atomic mass is 28.3. The molecule has 0 atom stereocenters. The van der Waals surface area contributed by atoms with Gasteiger partial charge in [-0.3, -0.25) is 0 Å². The Morgan fingerprint density at radius 2 is 0.885 bits per heavy atom. The quantitative estimate of drug-likeness (QED) is 0.0783. The first kappa shape index (κ1) is 30.2. The van der Waals surface area contributed by atoms with Crippen molar-refractivity contribution < 1.29 is 4.42 Å². The number of fused-ring (bicyclic) bond motifs is 6. The third-order valence-corrected chi connectivity index (χ3v) is 14.7. The van der Waals surface area contributed by atoms with Gasteiger partial charge in [-0.1, -0.05) is 182 Å². The average Bonchev–Trinajstić information content (AvgIpc) is 3.59. The maximum atomic E-state index is 6.31. The van der Waals surface area contributed by atoms with Gasteiger partial charge in [-0.2, -0.15) is 0 Å². The van der Waals surface area contributed by atoms with Crippen molar-refractivity contribution in [3.63, 3.8) is 0 Å². The highest BCUT2D eigenvalue weighted by Crippen LogP contribution is 2.41. The number of rotatable bonds is 4. The van der Waals surface area contributed by atoms with Crippen molar-refractivity contribution in [3.8, 4) is 22.6 Å². The van der Waals surface area contributed by atoms with Crippen molar-refractivity contribution in [2.45, 2.75) is 0 Å². The molecule has 0 aliphatic heterocycles. The number of para-hydroxylation sites is 1. The molecule has 0 saturated carbocycles. The van der Waals surface area contributed by atoms with E-state index in [9.17, 15) is 0 Å². The zero-order valence-corrected chi connectivity index (χ0v) is 29.4. The lowest BCUT2D eigenvalue weighted by molar-refractivity contribution is 0.669. The second-order valence-corrected chi connectivity index (χ2v) is 16.9. The van der Waals surface area contributed by atoms with Crippen LogP contribution in [0.2, 0.25) is 0 Å². The van der Waals surface area contributed by atoms with Crippen LogP contribution in [0.4, 0.5) is 0 Å². The maximum Gasteiger partial charge on any atom is 0.230 e. The van der Waals surface area contributed by atoms with E-state index in [1.54, 1.807) is 0 Å². The van der Waals surface area contributed by atoms with Crippen LogP contribution < -0.4 is 15.6 Å². The SMILES string of the molecule is C(#C[Si](c1ccccc1)(c1ccccc1)c1ccc2oc3ccccc3c2c1)c1c2ccccc2c(-c2cccc3ccccc23)c2ccccc12. The van der Waals surface area contributed by atoms with Gasteiger partial charge < -0.3 is 4.42 Å². The molecule has 0 unspecified atom stereocenters. The van der Waals surface area contributed by atoms with Crippen LogP contribution in [0, 0.1) is 11.5 Å². The van der Waals surface area contributed by atoms with E-state index in [1.165, 1.54) is 48.2 Å². The smallest absolute Gasteiger partial charge is 0.230 e. The van der Waals surface area contributed by atoms with Crippen LogP contribution in [-0.2, 0) is 0 Å². The molecule has 0 bridgehead atoms. The van der Waals surface area contributed by atoms with Gasteiger partial charge in [0, 0.05) is 16.3 Å². The van der Waals surface area contributed by atoms with Gasteiger partial charge in [0.05, 0.1) is 0 Å². The lowest BCUT2D eigenvalue weighted by Gasteiger charge is -2.28. The maximum absolute atomic E-state index is 6.31. The molecule has 0 aliphatic rings. The molecule has 1 heterocycles. The summed E-state index contributed by atoms with van der Waals surface area (Å²) < 4.78 is 6.31. The minimum absolute atomic E-state index is 0.892. The van der Waals surface area contributed by atoms with E-state index in [0.29, 0.717) is 0 Å². The van der Waals surface area contributed by atoms with Gasteiger partial charge in [0.2, 0.25) is 8.07 Å². The molecule has 0 spiro atoms. The fourth-order valence-electron chi connectivity index (χ4n) is 8.21. The molecular formula is C50H32OSi. The molecule has 0 radical (unpaired) electrons. The molecule has 1 nitrogen and oxygen atoms in total. The van der Waals surface area contributed by atoms with E-state index < -0.39 is 8.07 Å². The van der Waals surface area contributed by atoms with E-state index in [-0.39, 0.29) is 0 Å². The molecule has 10 rings (SSSR count). The molecule has 1 aromatic heterocycles. The van der Waals surface area contributed by atoms with Crippen molar-refractivity contribution in [3.05, 3.63) is 200 Å².